The lowest BCUT2D eigenvalue weighted by Crippen LogP contribution is -2.52. The minimum Gasteiger partial charge on any atom is -0.448 e. The minimum absolute atomic E-state index is 0.220. The van der Waals surface area contributed by atoms with E-state index in [0.29, 0.717) is 37.3 Å². The van der Waals surface area contributed by atoms with Crippen LogP contribution >= 0.6 is 11.8 Å². The van der Waals surface area contributed by atoms with Crippen LogP contribution in [0.4, 0.5) is 5.95 Å². The number of carbonyl (C=O) groups is 2. The smallest absolute Gasteiger partial charge is 0.357 e. The Hall–Kier alpha value is -3.40. The van der Waals surface area contributed by atoms with Gasteiger partial charge in [0.2, 0.25) is 5.95 Å². The summed E-state index contributed by atoms with van der Waals surface area (Å²) < 4.78 is 7.28. The first-order valence-electron chi connectivity index (χ1n) is 10.3. The summed E-state index contributed by atoms with van der Waals surface area (Å²) in [7, 11) is 0. The number of hydrogen-bond donors (Lipinski definition) is 0. The molecule has 9 nitrogen and oxygen atoms in total. The normalized spacial score (nSPS) is 14.8. The van der Waals surface area contributed by atoms with Gasteiger partial charge in [0.05, 0.1) is 6.20 Å². The lowest BCUT2D eigenvalue weighted by atomic mass is 10.2. The van der Waals surface area contributed by atoms with Gasteiger partial charge in [-0.2, -0.15) is 0 Å². The number of ether oxygens (including phenoxy) is 1. The number of thioether (sulfide) groups is 1. The average molecular weight is 453 g/mol. The molecule has 0 radical (unpaired) electrons. The summed E-state index contributed by atoms with van der Waals surface area (Å²) in [6, 6.07) is 11.2. The van der Waals surface area contributed by atoms with Gasteiger partial charge in [-0.05, 0) is 31.4 Å². The highest BCUT2D eigenvalue weighted by molar-refractivity contribution is 7.98. The highest BCUT2D eigenvalue weighted by atomic mass is 32.2. The fourth-order valence-electron chi connectivity index (χ4n) is 3.56. The number of esters is 1. The Labute approximate surface area is 190 Å². The van der Waals surface area contributed by atoms with E-state index < -0.39 is 12.1 Å². The lowest BCUT2D eigenvalue weighted by molar-refractivity contribution is -0.140. The molecule has 3 heterocycles. The van der Waals surface area contributed by atoms with Gasteiger partial charge in [-0.15, -0.1) is 0 Å². The fourth-order valence-corrected chi connectivity index (χ4v) is 4.10. The van der Waals surface area contributed by atoms with Crippen LogP contribution in [0.3, 0.4) is 0 Å². The van der Waals surface area contributed by atoms with Gasteiger partial charge in [-0.3, -0.25) is 9.36 Å². The molecule has 1 saturated heterocycles. The van der Waals surface area contributed by atoms with E-state index in [1.807, 2.05) is 41.5 Å². The maximum absolute atomic E-state index is 12.9. The fraction of sp³-hybridized carbons (Fsp3) is 0.318. The molecule has 0 aliphatic carbocycles. The molecule has 1 aliphatic rings. The van der Waals surface area contributed by atoms with Crippen LogP contribution in [0.1, 0.15) is 17.4 Å². The number of anilines is 1. The molecule has 1 unspecified atom stereocenters. The highest BCUT2D eigenvalue weighted by Crippen LogP contribution is 2.22. The number of carbonyl (C=O) groups excluding carboxylic acids is 2. The zero-order valence-corrected chi connectivity index (χ0v) is 18.7. The second kappa shape index (κ2) is 9.82. The summed E-state index contributed by atoms with van der Waals surface area (Å²) in [6.07, 6.45) is 5.87. The average Bonchev–Trinajstić information content (AvgIpc) is 3.29. The first kappa shape index (κ1) is 21.8. The van der Waals surface area contributed by atoms with Crippen LogP contribution in [0, 0.1) is 0 Å². The molecule has 1 aliphatic heterocycles. The van der Waals surface area contributed by atoms with Crippen molar-refractivity contribution in [1.29, 1.82) is 0 Å². The van der Waals surface area contributed by atoms with Crippen molar-refractivity contribution >= 4 is 29.6 Å². The number of imidazole rings is 1. The summed E-state index contributed by atoms with van der Waals surface area (Å²) >= 11 is 1.43. The molecule has 32 heavy (non-hydrogen) atoms. The number of benzene rings is 1. The molecular formula is C22H24N6O3S. The van der Waals surface area contributed by atoms with Crippen LogP contribution in [0.15, 0.2) is 60.1 Å². The van der Waals surface area contributed by atoms with E-state index in [-0.39, 0.29) is 11.6 Å². The summed E-state index contributed by atoms with van der Waals surface area (Å²) in [6.45, 7) is 3.86. The monoisotopic (exact) mass is 452 g/mol. The number of nitrogens with zero attached hydrogens (tertiary/aromatic N) is 6. The number of hydrogen-bond acceptors (Lipinski definition) is 8. The van der Waals surface area contributed by atoms with Gasteiger partial charge >= 0.3 is 5.97 Å². The van der Waals surface area contributed by atoms with Crippen LogP contribution in [-0.4, -0.2) is 74.8 Å². The van der Waals surface area contributed by atoms with E-state index in [9.17, 15) is 9.59 Å². The van der Waals surface area contributed by atoms with E-state index in [1.54, 1.807) is 34.9 Å². The lowest BCUT2D eigenvalue weighted by Gasteiger charge is -2.35. The van der Waals surface area contributed by atoms with Gasteiger partial charge in [0, 0.05) is 44.3 Å². The predicted octanol–water partition coefficient (Wildman–Crippen LogP) is 2.28. The number of amides is 1. The number of rotatable bonds is 6. The second-order valence-corrected chi connectivity index (χ2v) is 7.98. The van der Waals surface area contributed by atoms with Crippen molar-refractivity contribution in [2.45, 2.75) is 18.2 Å². The van der Waals surface area contributed by atoms with Crippen LogP contribution in [0.5, 0.6) is 0 Å². The minimum atomic E-state index is -0.904. The molecule has 0 N–H and O–H groups in total. The van der Waals surface area contributed by atoms with Gasteiger partial charge in [-0.25, -0.2) is 19.7 Å². The molecule has 4 rings (SSSR count). The molecule has 166 valence electrons. The maximum atomic E-state index is 12.9. The quantitative estimate of drug-likeness (QED) is 0.415. The van der Waals surface area contributed by atoms with Crippen molar-refractivity contribution in [1.82, 2.24) is 24.4 Å². The molecule has 0 spiro atoms. The van der Waals surface area contributed by atoms with Gasteiger partial charge in [-0.1, -0.05) is 30.0 Å². The Morgan fingerprint density at radius 1 is 1.00 bits per heavy atom. The number of para-hydroxylation sites is 1. The first-order chi connectivity index (χ1) is 15.6. The van der Waals surface area contributed by atoms with Gasteiger partial charge in [0.15, 0.2) is 17.0 Å². The van der Waals surface area contributed by atoms with Crippen molar-refractivity contribution in [3.63, 3.8) is 0 Å². The van der Waals surface area contributed by atoms with E-state index in [0.717, 1.165) is 5.69 Å². The van der Waals surface area contributed by atoms with Crippen molar-refractivity contribution in [3.05, 3.63) is 60.7 Å². The third-order valence-electron chi connectivity index (χ3n) is 5.19. The Kier molecular flexibility index (Phi) is 6.69. The van der Waals surface area contributed by atoms with E-state index in [4.69, 9.17) is 4.74 Å². The molecular weight excluding hydrogens is 428 g/mol. The third kappa shape index (κ3) is 4.59. The summed E-state index contributed by atoms with van der Waals surface area (Å²) in [5.74, 6) is -0.153. The topological polar surface area (TPSA) is 93.4 Å². The van der Waals surface area contributed by atoms with E-state index in [2.05, 4.69) is 15.0 Å². The number of aromatic nitrogens is 4. The molecule has 10 heteroatoms. The zero-order chi connectivity index (χ0) is 22.5. The molecule has 2 aromatic heterocycles. The van der Waals surface area contributed by atoms with Crippen LogP contribution in [-0.2, 0) is 9.53 Å². The predicted molar refractivity (Wildman–Crippen MR) is 121 cm³/mol. The Morgan fingerprint density at radius 2 is 1.69 bits per heavy atom. The third-order valence-corrected chi connectivity index (χ3v) is 5.85. The van der Waals surface area contributed by atoms with Crippen molar-refractivity contribution in [2.24, 2.45) is 0 Å². The van der Waals surface area contributed by atoms with Gasteiger partial charge in [0.1, 0.15) is 0 Å². The molecule has 3 aromatic rings. The first-order valence-corrected chi connectivity index (χ1v) is 11.5. The highest BCUT2D eigenvalue weighted by Gasteiger charge is 2.29. The largest absolute Gasteiger partial charge is 0.448 e. The van der Waals surface area contributed by atoms with Crippen molar-refractivity contribution in [2.75, 3.05) is 37.3 Å². The Balaban J connectivity index is 1.40. The second-order valence-electron chi connectivity index (χ2n) is 7.21. The van der Waals surface area contributed by atoms with Crippen LogP contribution in [0.2, 0.25) is 0 Å². The van der Waals surface area contributed by atoms with Gasteiger partial charge in [0.25, 0.3) is 5.91 Å². The summed E-state index contributed by atoms with van der Waals surface area (Å²) in [4.78, 5) is 42.4. The van der Waals surface area contributed by atoms with Crippen LogP contribution in [0.25, 0.3) is 5.69 Å². The van der Waals surface area contributed by atoms with Crippen LogP contribution < -0.4 is 4.90 Å². The maximum Gasteiger partial charge on any atom is 0.357 e. The van der Waals surface area contributed by atoms with Crippen molar-refractivity contribution < 1.29 is 14.3 Å². The molecule has 1 aromatic carbocycles. The zero-order valence-electron chi connectivity index (χ0n) is 17.9. The van der Waals surface area contributed by atoms with Gasteiger partial charge < -0.3 is 14.5 Å². The summed E-state index contributed by atoms with van der Waals surface area (Å²) in [5, 5.41) is 0.668. The molecule has 0 bridgehead atoms. The molecule has 1 amide bonds. The molecule has 0 saturated carbocycles. The number of piperazine rings is 1. The SMILES string of the molecule is CSc1ncc(C(=O)OC(C)C(=O)N2CCN(c3ncccn3)CC2)n1-c1ccccc1. The Bertz CT molecular complexity index is 1070. The summed E-state index contributed by atoms with van der Waals surface area (Å²) in [5.41, 5.74) is 1.09. The van der Waals surface area contributed by atoms with Crippen molar-refractivity contribution in [3.8, 4) is 5.69 Å². The molecule has 1 atom stereocenters. The van der Waals surface area contributed by atoms with E-state index >= 15 is 0 Å². The standard InChI is InChI=1S/C22H24N6O3S/c1-16(19(29)26-11-13-27(14-12-26)21-23-9-6-10-24-21)31-20(30)18-15-25-22(32-2)28(18)17-7-4-3-5-8-17/h3-10,15-16H,11-14H2,1-2H3. The molecule has 1 fully saturated rings. The van der Waals surface area contributed by atoms with E-state index in [1.165, 1.54) is 18.0 Å². The Morgan fingerprint density at radius 3 is 2.34 bits per heavy atom.